The first kappa shape index (κ1) is 15.3. The maximum absolute atomic E-state index is 12.7. The van der Waals surface area contributed by atoms with Crippen molar-refractivity contribution in [2.24, 2.45) is 0 Å². The van der Waals surface area contributed by atoms with Gasteiger partial charge in [0.1, 0.15) is 6.04 Å². The molecule has 0 unspecified atom stereocenters. The van der Waals surface area contributed by atoms with Crippen molar-refractivity contribution in [1.29, 1.82) is 0 Å². The summed E-state index contributed by atoms with van der Waals surface area (Å²) in [6.07, 6.45) is 0.181. The van der Waals surface area contributed by atoms with Gasteiger partial charge in [-0.1, -0.05) is 30.3 Å². The fourth-order valence-electron chi connectivity index (χ4n) is 2.91. The second-order valence-corrected chi connectivity index (χ2v) is 6.00. The number of imide groups is 1. The molecule has 1 heterocycles. The Labute approximate surface area is 136 Å². The van der Waals surface area contributed by atoms with Crippen LogP contribution in [0.2, 0.25) is 0 Å². The molecule has 2 aromatic rings. The molecule has 0 bridgehead atoms. The van der Waals surface area contributed by atoms with E-state index in [0.29, 0.717) is 5.69 Å². The molecule has 0 radical (unpaired) electrons. The zero-order chi connectivity index (χ0) is 16.6. The fraction of sp³-hybridized carbons (Fsp3) is 0.263. The van der Waals surface area contributed by atoms with Crippen LogP contribution in [0.3, 0.4) is 0 Å². The highest BCUT2D eigenvalue weighted by molar-refractivity contribution is 6.23. The van der Waals surface area contributed by atoms with Crippen LogP contribution in [0.1, 0.15) is 23.1 Å². The van der Waals surface area contributed by atoms with E-state index in [-0.39, 0.29) is 18.2 Å². The van der Waals surface area contributed by atoms with Gasteiger partial charge in [-0.25, -0.2) is 4.90 Å². The van der Waals surface area contributed by atoms with Crippen molar-refractivity contribution in [3.8, 4) is 0 Å². The number of hydrogen-bond acceptors (Lipinski definition) is 3. The van der Waals surface area contributed by atoms with Crippen molar-refractivity contribution in [1.82, 2.24) is 0 Å². The number of hydrogen-bond donors (Lipinski definition) is 1. The first-order valence-corrected chi connectivity index (χ1v) is 7.74. The minimum absolute atomic E-state index is 0.160. The fourth-order valence-corrected chi connectivity index (χ4v) is 2.91. The van der Waals surface area contributed by atoms with Crippen molar-refractivity contribution in [3.63, 3.8) is 0 Å². The Morgan fingerprint density at radius 1 is 0.957 bits per heavy atom. The van der Waals surface area contributed by atoms with Gasteiger partial charge in [-0.2, -0.15) is 0 Å². The summed E-state index contributed by atoms with van der Waals surface area (Å²) < 4.78 is 0. The van der Waals surface area contributed by atoms with Gasteiger partial charge < -0.3 is 5.32 Å². The number of aryl methyl sites for hydroxylation is 2. The number of carbonyl (C=O) groups is 2. The molecule has 1 saturated heterocycles. The summed E-state index contributed by atoms with van der Waals surface area (Å²) in [5.74, 6) is -0.350. The van der Waals surface area contributed by atoms with Gasteiger partial charge in [-0.05, 0) is 49.6 Å². The van der Waals surface area contributed by atoms with E-state index in [2.05, 4.69) is 5.32 Å². The van der Waals surface area contributed by atoms with Gasteiger partial charge in [0, 0.05) is 5.69 Å². The second kappa shape index (κ2) is 5.88. The SMILES string of the molecule is Cc1ccccc1N1C(=O)C[C@H](Nc2cccc(C)c2C)C1=O. The monoisotopic (exact) mass is 308 g/mol. The minimum Gasteiger partial charge on any atom is -0.373 e. The van der Waals surface area contributed by atoms with E-state index in [1.807, 2.05) is 63.2 Å². The lowest BCUT2D eigenvalue weighted by atomic mass is 10.1. The van der Waals surface area contributed by atoms with E-state index >= 15 is 0 Å². The predicted octanol–water partition coefficient (Wildman–Crippen LogP) is 3.36. The third-order valence-corrected chi connectivity index (χ3v) is 4.44. The Bertz CT molecular complexity index is 783. The number of rotatable bonds is 3. The summed E-state index contributed by atoms with van der Waals surface area (Å²) in [4.78, 5) is 26.4. The van der Waals surface area contributed by atoms with Crippen molar-refractivity contribution in [2.45, 2.75) is 33.2 Å². The van der Waals surface area contributed by atoms with Crippen molar-refractivity contribution >= 4 is 23.2 Å². The van der Waals surface area contributed by atoms with Crippen LogP contribution in [-0.4, -0.2) is 17.9 Å². The van der Waals surface area contributed by atoms with Crippen LogP contribution >= 0.6 is 0 Å². The van der Waals surface area contributed by atoms with Gasteiger partial charge in [0.25, 0.3) is 5.91 Å². The maximum atomic E-state index is 12.7. The zero-order valence-corrected chi connectivity index (χ0v) is 13.6. The third-order valence-electron chi connectivity index (χ3n) is 4.44. The van der Waals surface area contributed by atoms with Gasteiger partial charge in [0.2, 0.25) is 5.91 Å². The number of nitrogens with one attached hydrogen (secondary N) is 1. The van der Waals surface area contributed by atoms with E-state index in [9.17, 15) is 9.59 Å². The average Bonchev–Trinajstić information content (AvgIpc) is 2.79. The van der Waals surface area contributed by atoms with Gasteiger partial charge in [-0.15, -0.1) is 0 Å². The number of para-hydroxylation sites is 1. The van der Waals surface area contributed by atoms with E-state index in [1.54, 1.807) is 0 Å². The molecule has 23 heavy (non-hydrogen) atoms. The first-order chi connectivity index (χ1) is 11.0. The van der Waals surface area contributed by atoms with Crippen LogP contribution in [-0.2, 0) is 9.59 Å². The maximum Gasteiger partial charge on any atom is 0.256 e. The van der Waals surface area contributed by atoms with Crippen LogP contribution < -0.4 is 10.2 Å². The third kappa shape index (κ3) is 2.72. The highest BCUT2D eigenvalue weighted by Gasteiger charge is 2.40. The lowest BCUT2D eigenvalue weighted by Gasteiger charge is -2.19. The molecule has 1 aliphatic rings. The van der Waals surface area contributed by atoms with E-state index in [1.165, 1.54) is 4.90 Å². The average molecular weight is 308 g/mol. The quantitative estimate of drug-likeness (QED) is 0.885. The molecule has 0 aliphatic carbocycles. The summed E-state index contributed by atoms with van der Waals surface area (Å²) in [7, 11) is 0. The standard InChI is InChI=1S/C19H20N2O2/c1-12-8-6-9-15(14(12)3)20-16-11-18(22)21(19(16)23)17-10-5-4-7-13(17)2/h4-10,16,20H,11H2,1-3H3/t16-/m0/s1. The van der Waals surface area contributed by atoms with Gasteiger partial charge >= 0.3 is 0 Å². The summed E-state index contributed by atoms with van der Waals surface area (Å²) in [6.45, 7) is 5.95. The molecule has 118 valence electrons. The lowest BCUT2D eigenvalue weighted by molar-refractivity contribution is -0.121. The van der Waals surface area contributed by atoms with Crippen molar-refractivity contribution < 1.29 is 9.59 Å². The Hall–Kier alpha value is -2.62. The molecule has 1 aliphatic heterocycles. The van der Waals surface area contributed by atoms with Gasteiger partial charge in [0.05, 0.1) is 12.1 Å². The predicted molar refractivity (Wildman–Crippen MR) is 91.6 cm³/mol. The van der Waals surface area contributed by atoms with Crippen molar-refractivity contribution in [2.75, 3.05) is 10.2 Å². The molecule has 2 aromatic carbocycles. The number of amides is 2. The van der Waals surface area contributed by atoms with Crippen molar-refractivity contribution in [3.05, 3.63) is 59.2 Å². The smallest absolute Gasteiger partial charge is 0.256 e. The molecular weight excluding hydrogens is 288 g/mol. The molecule has 2 amide bonds. The summed E-state index contributed by atoms with van der Waals surface area (Å²) >= 11 is 0. The van der Waals surface area contributed by atoms with Crippen LogP contribution in [0.4, 0.5) is 11.4 Å². The Morgan fingerprint density at radius 3 is 2.39 bits per heavy atom. The number of benzene rings is 2. The molecule has 0 aromatic heterocycles. The highest BCUT2D eigenvalue weighted by atomic mass is 16.2. The Balaban J connectivity index is 1.87. The Morgan fingerprint density at radius 2 is 1.65 bits per heavy atom. The molecule has 0 saturated carbocycles. The zero-order valence-electron chi connectivity index (χ0n) is 13.6. The molecule has 1 atom stereocenters. The minimum atomic E-state index is -0.511. The lowest BCUT2D eigenvalue weighted by Crippen LogP contribution is -2.35. The number of carbonyl (C=O) groups excluding carboxylic acids is 2. The van der Waals surface area contributed by atoms with Crippen LogP contribution in [0.25, 0.3) is 0 Å². The normalized spacial score (nSPS) is 17.7. The van der Waals surface area contributed by atoms with E-state index in [0.717, 1.165) is 22.4 Å². The topological polar surface area (TPSA) is 49.4 Å². The van der Waals surface area contributed by atoms with Gasteiger partial charge in [0.15, 0.2) is 0 Å². The van der Waals surface area contributed by atoms with Crippen LogP contribution in [0.5, 0.6) is 0 Å². The molecule has 4 heteroatoms. The summed E-state index contributed by atoms with van der Waals surface area (Å²) in [5.41, 5.74) is 4.75. The summed E-state index contributed by atoms with van der Waals surface area (Å²) in [5, 5.41) is 3.24. The first-order valence-electron chi connectivity index (χ1n) is 7.74. The Kier molecular flexibility index (Phi) is 3.90. The van der Waals surface area contributed by atoms with E-state index in [4.69, 9.17) is 0 Å². The van der Waals surface area contributed by atoms with Crippen LogP contribution in [0, 0.1) is 20.8 Å². The molecule has 1 fully saturated rings. The molecule has 3 rings (SSSR count). The second-order valence-electron chi connectivity index (χ2n) is 6.00. The van der Waals surface area contributed by atoms with E-state index < -0.39 is 6.04 Å². The largest absolute Gasteiger partial charge is 0.373 e. The highest BCUT2D eigenvalue weighted by Crippen LogP contribution is 2.28. The molecule has 1 N–H and O–H groups in total. The summed E-state index contributed by atoms with van der Waals surface area (Å²) in [6, 6.07) is 12.9. The van der Waals surface area contributed by atoms with Crippen LogP contribution in [0.15, 0.2) is 42.5 Å². The van der Waals surface area contributed by atoms with Gasteiger partial charge in [-0.3, -0.25) is 9.59 Å². The molecular formula is C19H20N2O2. The molecule has 0 spiro atoms. The number of anilines is 2. The number of nitrogens with zero attached hydrogens (tertiary/aromatic N) is 1. The molecule has 4 nitrogen and oxygen atoms in total.